The van der Waals surface area contributed by atoms with Crippen LogP contribution in [-0.4, -0.2) is 26.2 Å². The smallest absolute Gasteiger partial charge is 0.151 e. The van der Waals surface area contributed by atoms with E-state index >= 15 is 0 Å². The molecule has 124 valence electrons. The van der Waals surface area contributed by atoms with E-state index in [2.05, 4.69) is 64.6 Å². The molecule has 2 aromatic heterocycles. The van der Waals surface area contributed by atoms with Crippen LogP contribution in [0.2, 0.25) is 0 Å². The van der Waals surface area contributed by atoms with Gasteiger partial charge in [-0.2, -0.15) is 0 Å². The van der Waals surface area contributed by atoms with Crippen molar-refractivity contribution in [2.45, 2.75) is 40.4 Å². The first kappa shape index (κ1) is 15.1. The van der Waals surface area contributed by atoms with Crippen LogP contribution in [0.3, 0.4) is 0 Å². The molecular formula is C19H22N4O. The molecular weight excluding hydrogens is 300 g/mol. The lowest BCUT2D eigenvalue weighted by atomic mass is 10.1. The fraction of sp³-hybridized carbons (Fsp3) is 0.368. The van der Waals surface area contributed by atoms with Gasteiger partial charge < -0.3 is 9.09 Å². The number of nitrogens with zero attached hydrogens (tertiary/aromatic N) is 4. The number of fused-ring (bicyclic) bond motifs is 1. The average Bonchev–Trinajstić information content (AvgIpc) is 3.14. The number of hydrogen-bond donors (Lipinski definition) is 0. The van der Waals surface area contributed by atoms with Crippen molar-refractivity contribution in [1.82, 2.24) is 19.6 Å². The standard InChI is InChI=1S/C19H22N4O/c1-13-4-6-16(7-5-13)18-10-17(24-21-18)11-22-8-9-23-15(3)14(2)20-19(23)12-22/h4-7,10H,8-9,11-12H2,1-3H3. The highest BCUT2D eigenvalue weighted by Crippen LogP contribution is 2.22. The fourth-order valence-corrected chi connectivity index (χ4v) is 3.26. The Balaban J connectivity index is 1.48. The van der Waals surface area contributed by atoms with Crippen LogP contribution in [0.25, 0.3) is 11.3 Å². The van der Waals surface area contributed by atoms with E-state index < -0.39 is 0 Å². The van der Waals surface area contributed by atoms with Crippen LogP contribution in [0, 0.1) is 20.8 Å². The first-order valence-electron chi connectivity index (χ1n) is 8.38. The van der Waals surface area contributed by atoms with Crippen molar-refractivity contribution in [2.24, 2.45) is 0 Å². The van der Waals surface area contributed by atoms with Crippen molar-refractivity contribution in [1.29, 1.82) is 0 Å². The third-order valence-electron chi connectivity index (χ3n) is 4.83. The Kier molecular flexibility index (Phi) is 3.73. The van der Waals surface area contributed by atoms with Crippen LogP contribution in [-0.2, 0) is 19.6 Å². The molecule has 0 N–H and O–H groups in total. The van der Waals surface area contributed by atoms with Crippen molar-refractivity contribution in [3.05, 3.63) is 58.9 Å². The van der Waals surface area contributed by atoms with E-state index in [1.807, 2.05) is 6.07 Å². The molecule has 3 heterocycles. The zero-order valence-electron chi connectivity index (χ0n) is 14.4. The van der Waals surface area contributed by atoms with Gasteiger partial charge in [-0.15, -0.1) is 0 Å². The minimum atomic E-state index is 0.768. The van der Waals surface area contributed by atoms with Crippen LogP contribution in [0.5, 0.6) is 0 Å². The summed E-state index contributed by atoms with van der Waals surface area (Å²) < 4.78 is 7.87. The molecule has 0 atom stereocenters. The van der Waals surface area contributed by atoms with Crippen LogP contribution < -0.4 is 0 Å². The number of rotatable bonds is 3. The first-order chi connectivity index (χ1) is 11.6. The monoisotopic (exact) mass is 322 g/mol. The maximum Gasteiger partial charge on any atom is 0.151 e. The van der Waals surface area contributed by atoms with E-state index in [1.54, 1.807) is 0 Å². The molecule has 0 spiro atoms. The molecule has 0 saturated heterocycles. The Hall–Kier alpha value is -2.40. The van der Waals surface area contributed by atoms with Gasteiger partial charge >= 0.3 is 0 Å². The van der Waals surface area contributed by atoms with E-state index in [-0.39, 0.29) is 0 Å². The predicted octanol–water partition coefficient (Wildman–Crippen LogP) is 3.48. The Labute approximate surface area is 141 Å². The summed E-state index contributed by atoms with van der Waals surface area (Å²) >= 11 is 0. The second-order valence-corrected chi connectivity index (χ2v) is 6.61. The lowest BCUT2D eigenvalue weighted by Gasteiger charge is -2.27. The quantitative estimate of drug-likeness (QED) is 0.741. The van der Waals surface area contributed by atoms with Gasteiger partial charge in [0, 0.05) is 30.4 Å². The third kappa shape index (κ3) is 2.76. The molecule has 0 amide bonds. The molecule has 1 aliphatic heterocycles. The molecule has 0 aliphatic carbocycles. The maximum atomic E-state index is 5.55. The Morgan fingerprint density at radius 3 is 2.67 bits per heavy atom. The van der Waals surface area contributed by atoms with Crippen molar-refractivity contribution in [2.75, 3.05) is 6.54 Å². The molecule has 1 aromatic carbocycles. The van der Waals surface area contributed by atoms with Gasteiger partial charge in [0.1, 0.15) is 11.5 Å². The summed E-state index contributed by atoms with van der Waals surface area (Å²) in [5, 5.41) is 4.22. The largest absolute Gasteiger partial charge is 0.359 e. The van der Waals surface area contributed by atoms with E-state index in [0.29, 0.717) is 0 Å². The maximum absolute atomic E-state index is 5.55. The van der Waals surface area contributed by atoms with Crippen molar-refractivity contribution < 1.29 is 4.52 Å². The van der Waals surface area contributed by atoms with Gasteiger partial charge in [-0.3, -0.25) is 4.90 Å². The summed E-state index contributed by atoms with van der Waals surface area (Å²) in [6.07, 6.45) is 0. The summed E-state index contributed by atoms with van der Waals surface area (Å²) in [7, 11) is 0. The van der Waals surface area contributed by atoms with Gasteiger partial charge in [0.2, 0.25) is 0 Å². The second-order valence-electron chi connectivity index (χ2n) is 6.61. The molecule has 24 heavy (non-hydrogen) atoms. The van der Waals surface area contributed by atoms with Crippen LogP contribution in [0.15, 0.2) is 34.9 Å². The summed E-state index contributed by atoms with van der Waals surface area (Å²) in [6, 6.07) is 10.4. The van der Waals surface area contributed by atoms with Crippen LogP contribution in [0.4, 0.5) is 0 Å². The van der Waals surface area contributed by atoms with Crippen molar-refractivity contribution in [3.63, 3.8) is 0 Å². The molecule has 0 fully saturated rings. The van der Waals surface area contributed by atoms with Gasteiger partial charge in [-0.05, 0) is 20.8 Å². The average molecular weight is 322 g/mol. The number of aryl methyl sites for hydroxylation is 2. The summed E-state index contributed by atoms with van der Waals surface area (Å²) in [6.45, 7) is 9.92. The Bertz CT molecular complexity index is 860. The van der Waals surface area contributed by atoms with Crippen molar-refractivity contribution >= 4 is 0 Å². The molecule has 5 heteroatoms. The minimum absolute atomic E-state index is 0.768. The number of imidazole rings is 1. The lowest BCUT2D eigenvalue weighted by Crippen LogP contribution is -2.33. The second kappa shape index (κ2) is 5.91. The van der Waals surface area contributed by atoms with E-state index in [1.165, 1.54) is 11.3 Å². The first-order valence-corrected chi connectivity index (χ1v) is 8.38. The SMILES string of the molecule is Cc1ccc(-c2cc(CN3CCn4c(nc(C)c4C)C3)on2)cc1. The summed E-state index contributed by atoms with van der Waals surface area (Å²) in [5.74, 6) is 2.05. The molecule has 0 saturated carbocycles. The zero-order valence-corrected chi connectivity index (χ0v) is 14.4. The molecule has 3 aromatic rings. The van der Waals surface area contributed by atoms with E-state index in [4.69, 9.17) is 4.52 Å². The highest BCUT2D eigenvalue weighted by atomic mass is 16.5. The lowest BCUT2D eigenvalue weighted by molar-refractivity contribution is 0.186. The molecule has 0 bridgehead atoms. The van der Waals surface area contributed by atoms with E-state index in [0.717, 1.165) is 54.7 Å². The number of benzene rings is 1. The normalized spacial score (nSPS) is 14.8. The van der Waals surface area contributed by atoms with E-state index in [9.17, 15) is 0 Å². The highest BCUT2D eigenvalue weighted by molar-refractivity contribution is 5.59. The van der Waals surface area contributed by atoms with Gasteiger partial charge in [-0.1, -0.05) is 35.0 Å². The molecule has 0 radical (unpaired) electrons. The predicted molar refractivity (Wildman–Crippen MR) is 92.5 cm³/mol. The highest BCUT2D eigenvalue weighted by Gasteiger charge is 2.21. The van der Waals surface area contributed by atoms with Gasteiger partial charge in [0.05, 0.1) is 18.8 Å². The Morgan fingerprint density at radius 1 is 1.08 bits per heavy atom. The topological polar surface area (TPSA) is 47.1 Å². The fourth-order valence-electron chi connectivity index (χ4n) is 3.26. The molecule has 1 aliphatic rings. The van der Waals surface area contributed by atoms with Gasteiger partial charge in [0.15, 0.2) is 5.76 Å². The number of aromatic nitrogens is 3. The van der Waals surface area contributed by atoms with Gasteiger partial charge in [0.25, 0.3) is 0 Å². The molecule has 4 rings (SSSR count). The van der Waals surface area contributed by atoms with Crippen LogP contribution in [0.1, 0.15) is 28.5 Å². The van der Waals surface area contributed by atoms with Crippen molar-refractivity contribution in [3.8, 4) is 11.3 Å². The molecule has 0 unspecified atom stereocenters. The minimum Gasteiger partial charge on any atom is -0.359 e. The third-order valence-corrected chi connectivity index (χ3v) is 4.83. The van der Waals surface area contributed by atoms with Gasteiger partial charge in [-0.25, -0.2) is 4.98 Å². The summed E-state index contributed by atoms with van der Waals surface area (Å²) in [4.78, 5) is 7.04. The van der Waals surface area contributed by atoms with Crippen LogP contribution >= 0.6 is 0 Å². The summed E-state index contributed by atoms with van der Waals surface area (Å²) in [5.41, 5.74) is 5.65. The zero-order chi connectivity index (χ0) is 16.7. The molecule has 5 nitrogen and oxygen atoms in total. The Morgan fingerprint density at radius 2 is 1.88 bits per heavy atom. The number of hydrogen-bond acceptors (Lipinski definition) is 4.